The first-order valence-electron chi connectivity index (χ1n) is 3.45. The zero-order valence-corrected chi connectivity index (χ0v) is 8.69. The van der Waals surface area contributed by atoms with E-state index in [0.29, 0.717) is 6.61 Å². The number of rotatable bonds is 0. The third-order valence-corrected chi connectivity index (χ3v) is 2.29. The predicted molar refractivity (Wildman–Crippen MR) is 53.8 cm³/mol. The molecule has 0 fully saturated rings. The maximum absolute atomic E-state index is 5.76. The Morgan fingerprint density at radius 2 is 2.25 bits per heavy atom. The van der Waals surface area contributed by atoms with E-state index in [9.17, 15) is 0 Å². The van der Waals surface area contributed by atoms with Gasteiger partial charge in [-0.05, 0) is 12.1 Å². The lowest BCUT2D eigenvalue weighted by molar-refractivity contribution is 0.333. The Bertz CT molecular complexity index is 292. The number of fused-ring (bicyclic) bond motifs is 1. The number of hydrogen-bond donors (Lipinski definition) is 1. The summed E-state index contributed by atoms with van der Waals surface area (Å²) in [6.07, 6.45) is 0. The highest BCUT2D eigenvalue weighted by atomic mass is 79.9. The van der Waals surface area contributed by atoms with Crippen LogP contribution in [-0.4, -0.2) is 6.61 Å². The Labute approximate surface area is 85.6 Å². The van der Waals surface area contributed by atoms with Crippen molar-refractivity contribution >= 4 is 28.3 Å². The fourth-order valence-corrected chi connectivity index (χ4v) is 1.55. The highest BCUT2D eigenvalue weighted by Gasteiger charge is 2.19. The number of benzene rings is 1. The van der Waals surface area contributed by atoms with Crippen LogP contribution >= 0.6 is 28.3 Å². The Kier molecular flexibility index (Phi) is 2.99. The highest BCUT2D eigenvalue weighted by molar-refractivity contribution is 9.10. The topological polar surface area (TPSA) is 35.2 Å². The Hall–Kier alpha value is -0.250. The molecule has 1 atom stereocenters. The van der Waals surface area contributed by atoms with Crippen molar-refractivity contribution in [1.29, 1.82) is 0 Å². The van der Waals surface area contributed by atoms with Gasteiger partial charge in [-0.2, -0.15) is 0 Å². The summed E-state index contributed by atoms with van der Waals surface area (Å²) in [5.74, 6) is 0.909. The van der Waals surface area contributed by atoms with Crippen molar-refractivity contribution in [2.24, 2.45) is 5.73 Å². The maximum atomic E-state index is 5.76. The van der Waals surface area contributed by atoms with E-state index < -0.39 is 0 Å². The van der Waals surface area contributed by atoms with Gasteiger partial charge < -0.3 is 10.5 Å². The van der Waals surface area contributed by atoms with E-state index in [1.807, 2.05) is 18.2 Å². The molecule has 0 saturated heterocycles. The van der Waals surface area contributed by atoms with Gasteiger partial charge in [0.2, 0.25) is 0 Å². The van der Waals surface area contributed by atoms with Gasteiger partial charge >= 0.3 is 0 Å². The molecule has 2 nitrogen and oxygen atoms in total. The van der Waals surface area contributed by atoms with E-state index >= 15 is 0 Å². The summed E-state index contributed by atoms with van der Waals surface area (Å²) in [7, 11) is 0. The van der Waals surface area contributed by atoms with Crippen LogP contribution in [0, 0.1) is 0 Å². The van der Waals surface area contributed by atoms with Gasteiger partial charge in [0.15, 0.2) is 0 Å². The van der Waals surface area contributed by atoms with E-state index in [1.54, 1.807) is 0 Å². The van der Waals surface area contributed by atoms with Gasteiger partial charge in [0, 0.05) is 10.0 Å². The van der Waals surface area contributed by atoms with E-state index in [1.165, 1.54) is 0 Å². The lowest BCUT2D eigenvalue weighted by Gasteiger charge is -1.99. The summed E-state index contributed by atoms with van der Waals surface area (Å²) in [5, 5.41) is 0. The van der Waals surface area contributed by atoms with Crippen LogP contribution in [0.4, 0.5) is 0 Å². The summed E-state index contributed by atoms with van der Waals surface area (Å²) in [6.45, 7) is 0.603. The SMILES string of the molecule is Cl.N[C@@H]1COc2cc(Br)ccc21. The van der Waals surface area contributed by atoms with E-state index in [4.69, 9.17) is 10.5 Å². The highest BCUT2D eigenvalue weighted by Crippen LogP contribution is 2.32. The minimum Gasteiger partial charge on any atom is -0.491 e. The second-order valence-corrected chi connectivity index (χ2v) is 3.52. The van der Waals surface area contributed by atoms with Gasteiger partial charge in [0.05, 0.1) is 6.04 Å². The fourth-order valence-electron chi connectivity index (χ4n) is 1.21. The zero-order chi connectivity index (χ0) is 7.84. The molecule has 1 heterocycles. The molecule has 4 heteroatoms. The van der Waals surface area contributed by atoms with Crippen molar-refractivity contribution < 1.29 is 4.74 Å². The van der Waals surface area contributed by atoms with Crippen molar-refractivity contribution in [3.63, 3.8) is 0 Å². The number of ether oxygens (including phenoxy) is 1. The largest absolute Gasteiger partial charge is 0.491 e. The quantitative estimate of drug-likeness (QED) is 0.767. The molecule has 1 aromatic rings. The summed E-state index contributed by atoms with van der Waals surface area (Å²) in [4.78, 5) is 0. The predicted octanol–water partition coefficient (Wildman–Crippen LogP) is 2.26. The third-order valence-electron chi connectivity index (χ3n) is 1.79. The molecule has 0 unspecified atom stereocenters. The Morgan fingerprint density at radius 3 is 3.00 bits per heavy atom. The van der Waals surface area contributed by atoms with Crippen molar-refractivity contribution in [2.75, 3.05) is 6.61 Å². The van der Waals surface area contributed by atoms with Gasteiger partial charge in [-0.15, -0.1) is 12.4 Å². The van der Waals surface area contributed by atoms with Crippen molar-refractivity contribution in [3.05, 3.63) is 28.2 Å². The minimum absolute atomic E-state index is 0. The van der Waals surface area contributed by atoms with Crippen molar-refractivity contribution in [2.45, 2.75) is 6.04 Å². The number of hydrogen-bond acceptors (Lipinski definition) is 2. The molecule has 0 bridgehead atoms. The maximum Gasteiger partial charge on any atom is 0.125 e. The molecule has 12 heavy (non-hydrogen) atoms. The second-order valence-electron chi connectivity index (χ2n) is 2.60. The average molecular weight is 251 g/mol. The molecule has 0 radical (unpaired) electrons. The molecule has 66 valence electrons. The molecule has 0 spiro atoms. The van der Waals surface area contributed by atoms with Gasteiger partial charge in [-0.25, -0.2) is 0 Å². The molecular weight excluding hydrogens is 241 g/mol. The molecule has 0 aliphatic carbocycles. The van der Waals surface area contributed by atoms with Crippen LogP contribution in [0.5, 0.6) is 5.75 Å². The lowest BCUT2D eigenvalue weighted by Crippen LogP contribution is -2.10. The average Bonchev–Trinajstić information content (AvgIpc) is 2.32. The summed E-state index contributed by atoms with van der Waals surface area (Å²) < 4.78 is 6.37. The molecule has 2 N–H and O–H groups in total. The molecule has 1 aromatic carbocycles. The summed E-state index contributed by atoms with van der Waals surface area (Å²) in [5.41, 5.74) is 6.86. The molecular formula is C8H9BrClNO. The van der Waals surface area contributed by atoms with Gasteiger partial charge in [0.1, 0.15) is 12.4 Å². The standard InChI is InChI=1S/C8H8BrNO.ClH/c9-5-1-2-6-7(10)4-11-8(6)3-5;/h1-3,7H,4,10H2;1H/t7-;/m1./s1. The number of nitrogens with two attached hydrogens (primary N) is 1. The van der Waals surface area contributed by atoms with Crippen LogP contribution in [0.2, 0.25) is 0 Å². The van der Waals surface area contributed by atoms with Crippen LogP contribution < -0.4 is 10.5 Å². The van der Waals surface area contributed by atoms with Crippen LogP contribution in [0.25, 0.3) is 0 Å². The first-order valence-corrected chi connectivity index (χ1v) is 4.24. The molecule has 0 saturated carbocycles. The number of halogens is 2. The van der Waals surface area contributed by atoms with Gasteiger partial charge in [0.25, 0.3) is 0 Å². The van der Waals surface area contributed by atoms with Crippen molar-refractivity contribution in [1.82, 2.24) is 0 Å². The van der Waals surface area contributed by atoms with Gasteiger partial charge in [-0.1, -0.05) is 22.0 Å². The molecule has 0 amide bonds. The zero-order valence-electron chi connectivity index (χ0n) is 6.29. The van der Waals surface area contributed by atoms with Crippen LogP contribution in [0.3, 0.4) is 0 Å². The Balaban J connectivity index is 0.000000720. The van der Waals surface area contributed by atoms with Crippen LogP contribution in [0.1, 0.15) is 11.6 Å². The molecule has 1 aliphatic heterocycles. The first-order chi connectivity index (χ1) is 5.27. The molecule has 2 rings (SSSR count). The normalized spacial score (nSPS) is 19.3. The lowest BCUT2D eigenvalue weighted by atomic mass is 10.1. The summed E-state index contributed by atoms with van der Waals surface area (Å²) in [6, 6.07) is 5.98. The van der Waals surface area contributed by atoms with Gasteiger partial charge in [-0.3, -0.25) is 0 Å². The monoisotopic (exact) mass is 249 g/mol. The molecule has 1 aliphatic rings. The van der Waals surface area contributed by atoms with E-state index in [0.717, 1.165) is 15.8 Å². The smallest absolute Gasteiger partial charge is 0.125 e. The third kappa shape index (κ3) is 1.58. The first kappa shape index (κ1) is 9.84. The minimum atomic E-state index is 0. The summed E-state index contributed by atoms with van der Waals surface area (Å²) >= 11 is 3.36. The molecule has 0 aromatic heterocycles. The van der Waals surface area contributed by atoms with E-state index in [-0.39, 0.29) is 18.4 Å². The van der Waals surface area contributed by atoms with Crippen molar-refractivity contribution in [3.8, 4) is 5.75 Å². The van der Waals surface area contributed by atoms with Crippen LogP contribution in [-0.2, 0) is 0 Å². The Morgan fingerprint density at radius 1 is 1.50 bits per heavy atom. The second kappa shape index (κ2) is 3.64. The fraction of sp³-hybridized carbons (Fsp3) is 0.250. The van der Waals surface area contributed by atoms with E-state index in [2.05, 4.69) is 15.9 Å². The van der Waals surface area contributed by atoms with Crippen LogP contribution in [0.15, 0.2) is 22.7 Å².